The minimum Gasteiger partial charge on any atom is -0.351 e. The monoisotopic (exact) mass is 493 g/mol. The number of nitrogens with zero attached hydrogens (tertiary/aromatic N) is 1. The van der Waals surface area contributed by atoms with Crippen molar-refractivity contribution < 1.29 is 14.5 Å². The highest BCUT2D eigenvalue weighted by atomic mass is 127. The van der Waals surface area contributed by atoms with E-state index >= 15 is 0 Å². The van der Waals surface area contributed by atoms with Gasteiger partial charge in [0.2, 0.25) is 0 Å². The van der Waals surface area contributed by atoms with Crippen LogP contribution in [0.2, 0.25) is 0 Å². The van der Waals surface area contributed by atoms with Crippen LogP contribution in [0.4, 0.5) is 5.69 Å². The molecule has 0 unspecified atom stereocenters. The van der Waals surface area contributed by atoms with Gasteiger partial charge < -0.3 is 10.6 Å². The predicted molar refractivity (Wildman–Crippen MR) is 116 cm³/mol. The van der Waals surface area contributed by atoms with E-state index in [4.69, 9.17) is 0 Å². The van der Waals surface area contributed by atoms with Crippen molar-refractivity contribution >= 4 is 46.2 Å². The molecule has 8 heteroatoms. The number of non-ortho nitro benzene ring substituents is 1. The van der Waals surface area contributed by atoms with Gasteiger partial charge in [0.15, 0.2) is 0 Å². The van der Waals surface area contributed by atoms with Gasteiger partial charge in [-0.3, -0.25) is 19.7 Å². The number of hydrogen-bond donors (Lipinski definition) is 2. The number of nitro groups is 1. The molecule has 0 fully saturated rings. The van der Waals surface area contributed by atoms with Gasteiger partial charge in [0.1, 0.15) is 5.70 Å². The Morgan fingerprint density at radius 2 is 1.93 bits per heavy atom. The van der Waals surface area contributed by atoms with Crippen molar-refractivity contribution in [3.05, 3.63) is 79.0 Å². The zero-order valence-corrected chi connectivity index (χ0v) is 17.4. The molecule has 2 rings (SSSR count). The van der Waals surface area contributed by atoms with Crippen LogP contribution in [0.1, 0.15) is 35.7 Å². The smallest absolute Gasteiger partial charge is 0.270 e. The fraction of sp³-hybridized carbons (Fsp3) is 0.200. The van der Waals surface area contributed by atoms with E-state index in [0.717, 1.165) is 16.4 Å². The molecule has 2 aromatic carbocycles. The van der Waals surface area contributed by atoms with Crippen LogP contribution in [0.15, 0.2) is 54.2 Å². The summed E-state index contributed by atoms with van der Waals surface area (Å²) >= 11 is 2.05. The number of nitro benzene ring substituents is 1. The lowest BCUT2D eigenvalue weighted by molar-refractivity contribution is -0.384. The molecule has 0 aliphatic rings. The Morgan fingerprint density at radius 1 is 1.18 bits per heavy atom. The number of hydrogen-bond acceptors (Lipinski definition) is 4. The van der Waals surface area contributed by atoms with Gasteiger partial charge in [0.05, 0.1) is 10.5 Å². The quantitative estimate of drug-likeness (QED) is 0.192. The number of unbranched alkanes of at least 4 members (excludes halogenated alkanes) is 1. The predicted octanol–water partition coefficient (Wildman–Crippen LogP) is 3.89. The lowest BCUT2D eigenvalue weighted by Gasteiger charge is -2.12. The fourth-order valence-corrected chi connectivity index (χ4v) is 2.99. The van der Waals surface area contributed by atoms with Crippen molar-refractivity contribution in [2.24, 2.45) is 0 Å². The highest BCUT2D eigenvalue weighted by Crippen LogP contribution is 2.16. The summed E-state index contributed by atoms with van der Waals surface area (Å²) in [6.45, 7) is 2.48. The molecule has 28 heavy (non-hydrogen) atoms. The van der Waals surface area contributed by atoms with Gasteiger partial charge in [-0.05, 0) is 52.8 Å². The lowest BCUT2D eigenvalue weighted by atomic mass is 10.1. The van der Waals surface area contributed by atoms with Crippen molar-refractivity contribution in [1.29, 1.82) is 0 Å². The second-order valence-electron chi connectivity index (χ2n) is 5.95. The SMILES string of the molecule is CCCCNC(=O)/C(=C/c1cccc([N+](=O)[O-])c1)NC(=O)c1ccccc1I. The molecular weight excluding hydrogens is 473 g/mol. The molecule has 0 bridgehead atoms. The normalized spacial score (nSPS) is 11.0. The van der Waals surface area contributed by atoms with Crippen LogP contribution in [-0.4, -0.2) is 23.3 Å². The number of amides is 2. The standard InChI is InChI=1S/C20H20IN3O4/c1-2-3-11-22-20(26)18(13-14-7-6-8-15(12-14)24(27)28)23-19(25)16-9-4-5-10-17(16)21/h4-10,12-13H,2-3,11H2,1H3,(H,22,26)(H,23,25)/b18-13-. The number of carbonyl (C=O) groups excluding carboxylic acids is 2. The molecular formula is C20H20IN3O4. The van der Waals surface area contributed by atoms with E-state index in [1.165, 1.54) is 24.3 Å². The summed E-state index contributed by atoms with van der Waals surface area (Å²) in [5, 5.41) is 16.4. The van der Waals surface area contributed by atoms with E-state index < -0.39 is 16.7 Å². The van der Waals surface area contributed by atoms with Crippen LogP contribution in [0.3, 0.4) is 0 Å². The highest BCUT2D eigenvalue weighted by Gasteiger charge is 2.16. The Labute approximate surface area is 176 Å². The number of carbonyl (C=O) groups is 2. The topological polar surface area (TPSA) is 101 Å². The molecule has 0 aliphatic carbocycles. The van der Waals surface area contributed by atoms with Crippen molar-refractivity contribution in [3.63, 3.8) is 0 Å². The fourth-order valence-electron chi connectivity index (χ4n) is 2.36. The molecule has 0 atom stereocenters. The van der Waals surface area contributed by atoms with Crippen molar-refractivity contribution in [1.82, 2.24) is 10.6 Å². The zero-order valence-electron chi connectivity index (χ0n) is 15.3. The Morgan fingerprint density at radius 3 is 2.61 bits per heavy atom. The molecule has 0 saturated carbocycles. The van der Waals surface area contributed by atoms with Crippen LogP contribution in [-0.2, 0) is 4.79 Å². The zero-order chi connectivity index (χ0) is 20.5. The molecule has 0 spiro atoms. The number of nitrogens with one attached hydrogen (secondary N) is 2. The van der Waals surface area contributed by atoms with Crippen LogP contribution in [0.25, 0.3) is 6.08 Å². The number of halogens is 1. The summed E-state index contributed by atoms with van der Waals surface area (Å²) in [6, 6.07) is 12.9. The highest BCUT2D eigenvalue weighted by molar-refractivity contribution is 14.1. The van der Waals surface area contributed by atoms with Crippen molar-refractivity contribution in [2.45, 2.75) is 19.8 Å². The first kappa shape index (κ1) is 21.5. The Bertz CT molecular complexity index is 912. The van der Waals surface area contributed by atoms with Gasteiger partial charge >= 0.3 is 0 Å². The van der Waals surface area contributed by atoms with E-state index in [1.54, 1.807) is 24.3 Å². The van der Waals surface area contributed by atoms with Crippen molar-refractivity contribution in [2.75, 3.05) is 6.54 Å². The summed E-state index contributed by atoms with van der Waals surface area (Å²) in [5.74, 6) is -0.869. The second-order valence-corrected chi connectivity index (χ2v) is 7.12. The Kier molecular flexibility index (Phi) is 8.12. The van der Waals surface area contributed by atoms with Crippen LogP contribution >= 0.6 is 22.6 Å². The molecule has 0 aliphatic heterocycles. The third-order valence-electron chi connectivity index (χ3n) is 3.82. The third kappa shape index (κ3) is 6.15. The first-order valence-electron chi connectivity index (χ1n) is 8.72. The molecule has 0 heterocycles. The molecule has 7 nitrogen and oxygen atoms in total. The number of rotatable bonds is 8. The van der Waals surface area contributed by atoms with Gasteiger partial charge in [0.25, 0.3) is 17.5 Å². The number of benzene rings is 2. The largest absolute Gasteiger partial charge is 0.351 e. The molecule has 0 radical (unpaired) electrons. The van der Waals surface area contributed by atoms with Gasteiger partial charge in [-0.25, -0.2) is 0 Å². The average molecular weight is 493 g/mol. The first-order chi connectivity index (χ1) is 13.4. The molecule has 0 saturated heterocycles. The minimum absolute atomic E-state index is 0.0289. The Hall–Kier alpha value is -2.75. The summed E-state index contributed by atoms with van der Waals surface area (Å²) in [4.78, 5) is 35.7. The van der Waals surface area contributed by atoms with Crippen molar-refractivity contribution in [3.8, 4) is 0 Å². The molecule has 2 amide bonds. The molecule has 0 aromatic heterocycles. The van der Waals surface area contributed by atoms with Crippen LogP contribution < -0.4 is 10.6 Å². The molecule has 2 N–H and O–H groups in total. The van der Waals surface area contributed by atoms with Crippen LogP contribution in [0.5, 0.6) is 0 Å². The third-order valence-corrected chi connectivity index (χ3v) is 4.76. The Balaban J connectivity index is 2.32. The van der Waals surface area contributed by atoms with E-state index in [1.807, 2.05) is 35.6 Å². The van der Waals surface area contributed by atoms with E-state index in [-0.39, 0.29) is 11.4 Å². The summed E-state index contributed by atoms with van der Waals surface area (Å²) < 4.78 is 0.749. The van der Waals surface area contributed by atoms with Gasteiger partial charge in [-0.15, -0.1) is 0 Å². The first-order valence-corrected chi connectivity index (χ1v) is 9.80. The van der Waals surface area contributed by atoms with Gasteiger partial charge in [-0.2, -0.15) is 0 Å². The van der Waals surface area contributed by atoms with E-state index in [0.29, 0.717) is 17.7 Å². The van der Waals surface area contributed by atoms with E-state index in [9.17, 15) is 19.7 Å². The second kappa shape index (κ2) is 10.5. The lowest BCUT2D eigenvalue weighted by Crippen LogP contribution is -2.35. The summed E-state index contributed by atoms with van der Waals surface area (Å²) in [5.41, 5.74) is 0.817. The van der Waals surface area contributed by atoms with Gasteiger partial charge in [0, 0.05) is 22.2 Å². The average Bonchev–Trinajstić information content (AvgIpc) is 2.68. The van der Waals surface area contributed by atoms with Crippen LogP contribution in [0, 0.1) is 13.7 Å². The van der Waals surface area contributed by atoms with E-state index in [2.05, 4.69) is 10.6 Å². The van der Waals surface area contributed by atoms with Gasteiger partial charge in [-0.1, -0.05) is 37.6 Å². The minimum atomic E-state index is -0.511. The molecule has 2 aromatic rings. The maximum atomic E-state index is 12.6. The summed E-state index contributed by atoms with van der Waals surface area (Å²) in [6.07, 6.45) is 3.15. The maximum absolute atomic E-state index is 12.6. The maximum Gasteiger partial charge on any atom is 0.270 e. The summed E-state index contributed by atoms with van der Waals surface area (Å²) in [7, 11) is 0. The molecule has 146 valence electrons.